The largest absolute Gasteiger partial charge is 1.00 e. The van der Waals surface area contributed by atoms with Gasteiger partial charge in [-0.05, 0) is 70.1 Å². The Bertz CT molecular complexity index is 1250. The smallest absolute Gasteiger partial charge is 0.744 e. The molecule has 0 fully saturated rings. The molecule has 0 spiro atoms. The average molecular weight is 439 g/mol. The fraction of sp³-hybridized carbons (Fsp3) is 0.0400. The predicted octanol–water partition coefficient (Wildman–Crippen LogP) is 2.90. The van der Waals surface area contributed by atoms with Gasteiger partial charge in [0.25, 0.3) is 0 Å². The first-order valence-electron chi connectivity index (χ1n) is 9.25. The van der Waals surface area contributed by atoms with Crippen LogP contribution in [0, 0.1) is 6.92 Å². The fourth-order valence-corrected chi connectivity index (χ4v) is 4.00. The summed E-state index contributed by atoms with van der Waals surface area (Å²) < 4.78 is 33.8. The Morgan fingerprint density at radius 2 is 1.03 bits per heavy atom. The zero-order chi connectivity index (χ0) is 20.4. The van der Waals surface area contributed by atoms with Crippen molar-refractivity contribution in [1.29, 1.82) is 0 Å². The van der Waals surface area contributed by atoms with E-state index in [-0.39, 0.29) is 56.3 Å². The summed E-state index contributed by atoms with van der Waals surface area (Å²) in [6.07, 6.45) is 0. The van der Waals surface area contributed by atoms with E-state index >= 15 is 0 Å². The molecular weight excluding hydrogens is 419 g/mol. The molecule has 0 saturated carbocycles. The molecule has 0 amide bonds. The third-order valence-electron chi connectivity index (χ3n) is 5.05. The van der Waals surface area contributed by atoms with Gasteiger partial charge in [0.2, 0.25) is 0 Å². The minimum Gasteiger partial charge on any atom is -0.744 e. The molecule has 5 heteroatoms. The van der Waals surface area contributed by atoms with Crippen LogP contribution in [-0.2, 0) is 10.1 Å². The number of hydrogen-bond acceptors (Lipinski definition) is 3. The second-order valence-electron chi connectivity index (χ2n) is 6.91. The maximum atomic E-state index is 11.3. The molecular formula is C25H19KO3S. The van der Waals surface area contributed by atoms with E-state index in [2.05, 4.69) is 43.3 Å². The zero-order valence-corrected chi connectivity index (χ0v) is 20.8. The first-order chi connectivity index (χ1) is 13.9. The molecule has 4 aromatic carbocycles. The molecule has 144 valence electrons. The van der Waals surface area contributed by atoms with E-state index in [0.29, 0.717) is 0 Å². The third-order valence-corrected chi connectivity index (χ3v) is 5.90. The Kier molecular flexibility index (Phi) is 7.47. The minimum absolute atomic E-state index is 0. The monoisotopic (exact) mass is 438 g/mol. The van der Waals surface area contributed by atoms with E-state index in [4.69, 9.17) is 0 Å². The van der Waals surface area contributed by atoms with Gasteiger partial charge in [0, 0.05) is 0 Å². The molecule has 3 nitrogen and oxygen atoms in total. The second-order valence-corrected chi connectivity index (χ2v) is 8.29. The van der Waals surface area contributed by atoms with Crippen LogP contribution in [0.15, 0.2) is 102 Å². The van der Waals surface area contributed by atoms with Crippen LogP contribution in [0.25, 0.3) is 33.4 Å². The van der Waals surface area contributed by atoms with Crippen molar-refractivity contribution >= 4 is 10.1 Å². The van der Waals surface area contributed by atoms with Crippen molar-refractivity contribution in [3.05, 3.63) is 103 Å². The quantitative estimate of drug-likeness (QED) is 0.364. The van der Waals surface area contributed by atoms with E-state index in [1.807, 2.05) is 36.4 Å². The van der Waals surface area contributed by atoms with E-state index in [1.165, 1.54) is 12.1 Å². The Labute approximate surface area is 220 Å². The Morgan fingerprint density at radius 1 is 0.600 bits per heavy atom. The van der Waals surface area contributed by atoms with E-state index in [1.54, 1.807) is 12.1 Å². The van der Waals surface area contributed by atoms with E-state index in [9.17, 15) is 13.0 Å². The van der Waals surface area contributed by atoms with Gasteiger partial charge < -0.3 is 4.55 Å². The normalized spacial score (nSPS) is 11.0. The molecule has 4 aromatic rings. The molecule has 0 saturated heterocycles. The van der Waals surface area contributed by atoms with Crippen molar-refractivity contribution in [1.82, 2.24) is 0 Å². The first kappa shape index (κ1) is 23.1. The van der Waals surface area contributed by atoms with Crippen molar-refractivity contribution < 1.29 is 64.4 Å². The molecule has 0 N–H and O–H groups in total. The van der Waals surface area contributed by atoms with Gasteiger partial charge in [-0.25, -0.2) is 8.42 Å². The van der Waals surface area contributed by atoms with Gasteiger partial charge in [-0.2, -0.15) is 0 Å². The molecule has 0 bridgehead atoms. The van der Waals surface area contributed by atoms with Crippen LogP contribution in [0.2, 0.25) is 0 Å². The third kappa shape index (κ3) is 5.00. The summed E-state index contributed by atoms with van der Waals surface area (Å²) in [6.45, 7) is 2.06. The Balaban J connectivity index is 0.00000256. The van der Waals surface area contributed by atoms with Gasteiger partial charge in [-0.15, -0.1) is 0 Å². The second kappa shape index (κ2) is 9.70. The van der Waals surface area contributed by atoms with Crippen molar-refractivity contribution in [3.63, 3.8) is 0 Å². The average Bonchev–Trinajstić information content (AvgIpc) is 2.75. The van der Waals surface area contributed by atoms with E-state index in [0.717, 1.165) is 38.9 Å². The zero-order valence-electron chi connectivity index (χ0n) is 16.9. The van der Waals surface area contributed by atoms with Gasteiger partial charge in [-0.3, -0.25) is 0 Å². The number of hydrogen-bond donors (Lipinski definition) is 0. The molecule has 0 aliphatic heterocycles. The molecule has 30 heavy (non-hydrogen) atoms. The fourth-order valence-electron chi connectivity index (χ4n) is 3.53. The summed E-state index contributed by atoms with van der Waals surface area (Å²) in [5, 5.41) is 0. The van der Waals surface area contributed by atoms with Gasteiger partial charge in [0.15, 0.2) is 0 Å². The minimum atomic E-state index is -4.46. The number of benzene rings is 4. The van der Waals surface area contributed by atoms with Crippen LogP contribution >= 0.6 is 0 Å². The van der Waals surface area contributed by atoms with Crippen LogP contribution in [-0.4, -0.2) is 13.0 Å². The number of rotatable bonds is 4. The molecule has 4 rings (SSSR count). The topological polar surface area (TPSA) is 57.2 Å². The van der Waals surface area contributed by atoms with Crippen molar-refractivity contribution in [2.75, 3.05) is 0 Å². The SMILES string of the molecule is Cc1c(-c2ccccc2)cc(-c2ccccc2)cc1-c1ccc(S(=O)(=O)[O-])cc1.[K+]. The van der Waals surface area contributed by atoms with Gasteiger partial charge in [-0.1, -0.05) is 72.8 Å². The standard InChI is InChI=1S/C25H20O3S.K/c1-18-24(20-10-6-3-7-11-20)16-22(19-8-4-2-5-9-19)17-25(18)21-12-14-23(15-13-21)29(26,27)28;/h2-17H,1H3,(H,26,27,28);/q;+1/p-1. The van der Waals surface area contributed by atoms with E-state index < -0.39 is 10.1 Å². The molecule has 0 aliphatic carbocycles. The summed E-state index contributed by atoms with van der Waals surface area (Å²) in [5.74, 6) is 0. The summed E-state index contributed by atoms with van der Waals surface area (Å²) in [4.78, 5) is -0.221. The Hall–Kier alpha value is -1.57. The van der Waals surface area contributed by atoms with Crippen LogP contribution in [0.1, 0.15) is 5.56 Å². The molecule has 0 atom stereocenters. The molecule has 0 aromatic heterocycles. The first-order valence-corrected chi connectivity index (χ1v) is 10.7. The molecule has 0 aliphatic rings. The summed E-state index contributed by atoms with van der Waals surface area (Å²) in [7, 11) is -4.46. The molecule has 0 unspecified atom stereocenters. The van der Waals surface area contributed by atoms with Crippen LogP contribution in [0.3, 0.4) is 0 Å². The molecule has 0 radical (unpaired) electrons. The van der Waals surface area contributed by atoms with Gasteiger partial charge >= 0.3 is 51.4 Å². The summed E-state index contributed by atoms with van der Waals surface area (Å²) >= 11 is 0. The maximum Gasteiger partial charge on any atom is 1.00 e. The van der Waals surface area contributed by atoms with Crippen LogP contribution in [0.5, 0.6) is 0 Å². The Morgan fingerprint density at radius 3 is 1.50 bits per heavy atom. The van der Waals surface area contributed by atoms with Gasteiger partial charge in [0.1, 0.15) is 10.1 Å². The van der Waals surface area contributed by atoms with Gasteiger partial charge in [0.05, 0.1) is 4.90 Å². The maximum absolute atomic E-state index is 11.3. The van der Waals surface area contributed by atoms with Crippen LogP contribution < -0.4 is 51.4 Å². The summed E-state index contributed by atoms with van der Waals surface area (Å²) in [5.41, 5.74) is 7.36. The van der Waals surface area contributed by atoms with Crippen molar-refractivity contribution in [2.45, 2.75) is 11.8 Å². The van der Waals surface area contributed by atoms with Crippen molar-refractivity contribution in [2.24, 2.45) is 0 Å². The molecule has 0 heterocycles. The van der Waals surface area contributed by atoms with Crippen molar-refractivity contribution in [3.8, 4) is 33.4 Å². The van der Waals surface area contributed by atoms with Crippen LogP contribution in [0.4, 0.5) is 0 Å². The predicted molar refractivity (Wildman–Crippen MR) is 115 cm³/mol. The summed E-state index contributed by atoms with van der Waals surface area (Å²) in [6, 6.07) is 30.7.